The highest BCUT2D eigenvalue weighted by Gasteiger charge is 2.36. The van der Waals surface area contributed by atoms with Crippen molar-refractivity contribution in [2.75, 3.05) is 13.7 Å². The van der Waals surface area contributed by atoms with Crippen LogP contribution in [0.1, 0.15) is 30.0 Å². The second-order valence-corrected chi connectivity index (χ2v) is 9.62. The minimum Gasteiger partial charge on any atom is -0.493 e. The molecule has 0 unspecified atom stereocenters. The Kier molecular flexibility index (Phi) is 8.47. The highest BCUT2D eigenvalue weighted by atomic mass is 19.1. The molecule has 0 aliphatic carbocycles. The molecule has 1 heterocycles. The van der Waals surface area contributed by atoms with E-state index in [0.717, 1.165) is 16.7 Å². The third kappa shape index (κ3) is 5.95. The van der Waals surface area contributed by atoms with Crippen molar-refractivity contribution < 1.29 is 33.0 Å². The minimum absolute atomic E-state index is 0.0638. The molecule has 4 amide bonds. The number of benzene rings is 4. The minimum atomic E-state index is -0.832. The smallest absolute Gasteiger partial charge is 0.331 e. The lowest BCUT2D eigenvalue weighted by molar-refractivity contribution is -0.130. The van der Waals surface area contributed by atoms with Crippen LogP contribution in [0.5, 0.6) is 17.2 Å². The van der Waals surface area contributed by atoms with E-state index in [9.17, 15) is 18.8 Å². The fraction of sp³-hybridized carbons (Fsp3) is 0.182. The molecular weight excluding hydrogens is 539 g/mol. The van der Waals surface area contributed by atoms with Crippen molar-refractivity contribution in [3.63, 3.8) is 0 Å². The molecule has 0 radical (unpaired) electrons. The molecule has 0 saturated carbocycles. The molecular formula is C33H29FN2O6. The standard InChI is InChI=1S/C33H29FN2O6/c1-3-16-41-29-14-12-21(17-30(29)40-2)19-36-32(38)26(31(37)35-33(36)39)18-25-24-10-6-4-8-22(24)13-15-28(25)42-20-23-9-5-7-11-27(23)34/h4-15,17-18H,3,16,19-20H2,1-2H3,(H,35,37,39)/b26-18+. The van der Waals surface area contributed by atoms with E-state index in [0.29, 0.717) is 45.9 Å². The van der Waals surface area contributed by atoms with Crippen molar-refractivity contribution in [3.05, 3.63) is 107 Å². The Bertz CT molecular complexity index is 1700. The van der Waals surface area contributed by atoms with E-state index in [4.69, 9.17) is 14.2 Å². The van der Waals surface area contributed by atoms with Crippen LogP contribution in [0.15, 0.2) is 84.4 Å². The number of amides is 4. The molecule has 1 N–H and O–H groups in total. The largest absolute Gasteiger partial charge is 0.493 e. The summed E-state index contributed by atoms with van der Waals surface area (Å²) in [6.07, 6.45) is 2.24. The van der Waals surface area contributed by atoms with Crippen LogP contribution in [0.25, 0.3) is 16.8 Å². The summed E-state index contributed by atoms with van der Waals surface area (Å²) in [6.45, 7) is 2.33. The van der Waals surface area contributed by atoms with Gasteiger partial charge in [0.2, 0.25) is 0 Å². The predicted molar refractivity (Wildman–Crippen MR) is 156 cm³/mol. The van der Waals surface area contributed by atoms with Gasteiger partial charge in [-0.2, -0.15) is 0 Å². The van der Waals surface area contributed by atoms with Gasteiger partial charge in [-0.25, -0.2) is 9.18 Å². The van der Waals surface area contributed by atoms with Crippen LogP contribution in [0.2, 0.25) is 0 Å². The highest BCUT2D eigenvalue weighted by Crippen LogP contribution is 2.33. The highest BCUT2D eigenvalue weighted by molar-refractivity contribution is 6.31. The number of nitrogens with zero attached hydrogens (tertiary/aromatic N) is 1. The number of carbonyl (C=O) groups is 3. The van der Waals surface area contributed by atoms with Gasteiger partial charge in [-0.05, 0) is 53.1 Å². The second-order valence-electron chi connectivity index (χ2n) is 9.62. The summed E-state index contributed by atoms with van der Waals surface area (Å²) < 4.78 is 31.4. The molecule has 4 aromatic carbocycles. The van der Waals surface area contributed by atoms with Crippen LogP contribution in [-0.4, -0.2) is 36.5 Å². The number of imide groups is 2. The number of ether oxygens (including phenoxy) is 3. The van der Waals surface area contributed by atoms with Gasteiger partial charge in [0.05, 0.1) is 20.3 Å². The number of barbiturate groups is 1. The number of fused-ring (bicyclic) bond motifs is 1. The van der Waals surface area contributed by atoms with E-state index in [1.54, 1.807) is 42.5 Å². The van der Waals surface area contributed by atoms with Crippen molar-refractivity contribution in [3.8, 4) is 17.2 Å². The van der Waals surface area contributed by atoms with E-state index < -0.39 is 23.7 Å². The van der Waals surface area contributed by atoms with E-state index in [1.165, 1.54) is 19.3 Å². The van der Waals surface area contributed by atoms with Crippen LogP contribution in [-0.2, 0) is 22.7 Å². The van der Waals surface area contributed by atoms with Crippen molar-refractivity contribution in [1.29, 1.82) is 0 Å². The molecule has 0 atom stereocenters. The Morgan fingerprint density at radius 2 is 1.64 bits per heavy atom. The number of nitrogens with one attached hydrogen (secondary N) is 1. The first-order chi connectivity index (χ1) is 20.4. The number of urea groups is 1. The summed E-state index contributed by atoms with van der Waals surface area (Å²) in [5, 5.41) is 3.82. The van der Waals surface area contributed by atoms with Gasteiger partial charge in [-0.15, -0.1) is 0 Å². The Morgan fingerprint density at radius 1 is 0.881 bits per heavy atom. The fourth-order valence-corrected chi connectivity index (χ4v) is 4.63. The summed E-state index contributed by atoms with van der Waals surface area (Å²) in [4.78, 5) is 40.3. The number of halogens is 1. The third-order valence-corrected chi connectivity index (χ3v) is 6.78. The monoisotopic (exact) mass is 568 g/mol. The summed E-state index contributed by atoms with van der Waals surface area (Å²) >= 11 is 0. The zero-order valence-electron chi connectivity index (χ0n) is 23.2. The lowest BCUT2D eigenvalue weighted by atomic mass is 9.99. The first kappa shape index (κ1) is 28.4. The Balaban J connectivity index is 1.48. The summed E-state index contributed by atoms with van der Waals surface area (Å²) in [6, 6.07) is 21.5. The SMILES string of the molecule is CCCOc1ccc(CN2C(=O)NC(=O)/C(=C\c3c(OCc4ccccc4F)ccc4ccccc34)C2=O)cc1OC. The molecule has 214 valence electrons. The maximum absolute atomic E-state index is 14.3. The van der Waals surface area contributed by atoms with Crippen LogP contribution < -0.4 is 19.5 Å². The van der Waals surface area contributed by atoms with Crippen LogP contribution in [0, 0.1) is 5.82 Å². The van der Waals surface area contributed by atoms with Crippen LogP contribution in [0.4, 0.5) is 9.18 Å². The molecule has 1 saturated heterocycles. The van der Waals surface area contributed by atoms with Crippen molar-refractivity contribution in [2.45, 2.75) is 26.5 Å². The van der Waals surface area contributed by atoms with E-state index in [-0.39, 0.29) is 18.7 Å². The average Bonchev–Trinajstić information content (AvgIpc) is 3.00. The van der Waals surface area contributed by atoms with E-state index in [2.05, 4.69) is 5.32 Å². The molecule has 1 fully saturated rings. The Hall–Kier alpha value is -5.18. The Labute approximate surface area is 242 Å². The number of hydrogen-bond acceptors (Lipinski definition) is 6. The zero-order chi connectivity index (χ0) is 29.6. The third-order valence-electron chi connectivity index (χ3n) is 6.78. The lowest BCUT2D eigenvalue weighted by Gasteiger charge is -2.27. The van der Waals surface area contributed by atoms with Crippen LogP contribution >= 0.6 is 0 Å². The van der Waals surface area contributed by atoms with Crippen LogP contribution in [0.3, 0.4) is 0 Å². The Morgan fingerprint density at radius 3 is 2.43 bits per heavy atom. The quantitative estimate of drug-likeness (QED) is 0.186. The first-order valence-electron chi connectivity index (χ1n) is 13.5. The van der Waals surface area contributed by atoms with Gasteiger partial charge in [0.25, 0.3) is 11.8 Å². The summed E-state index contributed by atoms with van der Waals surface area (Å²) in [5.41, 5.74) is 1.17. The molecule has 1 aliphatic rings. The maximum Gasteiger partial charge on any atom is 0.331 e. The molecule has 4 aromatic rings. The number of methoxy groups -OCH3 is 1. The molecule has 42 heavy (non-hydrogen) atoms. The molecule has 0 aromatic heterocycles. The molecule has 9 heteroatoms. The van der Waals surface area contributed by atoms with Gasteiger partial charge < -0.3 is 14.2 Å². The predicted octanol–water partition coefficient (Wildman–Crippen LogP) is 6.02. The number of hydrogen-bond donors (Lipinski definition) is 1. The van der Waals surface area contributed by atoms with Gasteiger partial charge >= 0.3 is 6.03 Å². The van der Waals surface area contributed by atoms with Crippen molar-refractivity contribution in [2.24, 2.45) is 0 Å². The molecule has 5 rings (SSSR count). The van der Waals surface area contributed by atoms with Crippen molar-refractivity contribution >= 4 is 34.7 Å². The number of carbonyl (C=O) groups excluding carboxylic acids is 3. The molecule has 0 bridgehead atoms. The second kappa shape index (κ2) is 12.6. The first-order valence-corrected chi connectivity index (χ1v) is 13.5. The summed E-state index contributed by atoms with van der Waals surface area (Å²) in [7, 11) is 1.51. The average molecular weight is 569 g/mol. The van der Waals surface area contributed by atoms with Gasteiger partial charge in [0.15, 0.2) is 11.5 Å². The maximum atomic E-state index is 14.3. The molecule has 0 spiro atoms. The van der Waals surface area contributed by atoms with Gasteiger partial charge in [0, 0.05) is 11.1 Å². The van der Waals surface area contributed by atoms with Gasteiger partial charge in [-0.1, -0.05) is 61.5 Å². The normalized spacial score (nSPS) is 14.3. The lowest BCUT2D eigenvalue weighted by Crippen LogP contribution is -2.53. The van der Waals surface area contributed by atoms with Gasteiger partial charge in [0.1, 0.15) is 23.7 Å². The van der Waals surface area contributed by atoms with Gasteiger partial charge in [-0.3, -0.25) is 19.8 Å². The fourth-order valence-electron chi connectivity index (χ4n) is 4.63. The summed E-state index contributed by atoms with van der Waals surface area (Å²) in [5.74, 6) is -0.633. The topological polar surface area (TPSA) is 94.2 Å². The van der Waals surface area contributed by atoms with E-state index >= 15 is 0 Å². The zero-order valence-corrected chi connectivity index (χ0v) is 23.2. The number of rotatable bonds is 10. The molecule has 1 aliphatic heterocycles. The van der Waals surface area contributed by atoms with E-state index in [1.807, 2.05) is 37.3 Å². The molecule has 8 nitrogen and oxygen atoms in total. The van der Waals surface area contributed by atoms with Crippen molar-refractivity contribution in [1.82, 2.24) is 10.2 Å².